The topological polar surface area (TPSA) is 12.0 Å². The van der Waals surface area contributed by atoms with Gasteiger partial charge in [-0.3, -0.25) is 0 Å². The van der Waals surface area contributed by atoms with E-state index in [1.54, 1.807) is 0 Å². The summed E-state index contributed by atoms with van der Waals surface area (Å²) in [5.41, 5.74) is 0.185. The molecular weight excluding hydrogens is 282 g/mol. The third-order valence-electron chi connectivity index (χ3n) is 2.69. The largest absolute Gasteiger partial charge is 0.389 e. The van der Waals surface area contributed by atoms with Gasteiger partial charge in [0, 0.05) is 23.0 Å². The van der Waals surface area contributed by atoms with Crippen LogP contribution in [0.15, 0.2) is 18.2 Å². The van der Waals surface area contributed by atoms with Crippen LogP contribution in [0, 0.1) is 5.82 Å². The van der Waals surface area contributed by atoms with Crippen LogP contribution >= 0.6 is 11.6 Å². The normalized spacial score (nSPS) is 13.6. The maximum Gasteiger partial charge on any atom is 0.389 e. The maximum absolute atomic E-state index is 13.7. The molecule has 0 aromatic heterocycles. The first-order valence-electron chi connectivity index (χ1n) is 6.08. The molecule has 0 heterocycles. The van der Waals surface area contributed by atoms with E-state index in [4.69, 9.17) is 11.6 Å². The van der Waals surface area contributed by atoms with Crippen LogP contribution in [0.4, 0.5) is 17.6 Å². The third kappa shape index (κ3) is 5.78. The van der Waals surface area contributed by atoms with Crippen LogP contribution in [0.3, 0.4) is 0 Å². The van der Waals surface area contributed by atoms with Crippen LogP contribution in [-0.4, -0.2) is 12.7 Å². The van der Waals surface area contributed by atoms with Gasteiger partial charge in [-0.25, -0.2) is 4.39 Å². The monoisotopic (exact) mass is 297 g/mol. The molecule has 0 radical (unpaired) electrons. The molecule has 0 aliphatic heterocycles. The first-order chi connectivity index (χ1) is 8.83. The van der Waals surface area contributed by atoms with Crippen molar-refractivity contribution in [2.45, 2.75) is 38.4 Å². The Hall–Kier alpha value is -0.810. The van der Waals surface area contributed by atoms with Crippen molar-refractivity contribution < 1.29 is 17.6 Å². The Labute approximate surface area is 115 Å². The second-order valence-electron chi connectivity index (χ2n) is 4.33. The summed E-state index contributed by atoms with van der Waals surface area (Å²) in [6.45, 7) is 2.41. The van der Waals surface area contributed by atoms with Gasteiger partial charge >= 0.3 is 6.18 Å². The Balaban J connectivity index is 2.85. The van der Waals surface area contributed by atoms with Crippen LogP contribution in [0.1, 0.15) is 37.8 Å². The lowest BCUT2D eigenvalue weighted by molar-refractivity contribution is -0.136. The Morgan fingerprint density at radius 2 is 2.00 bits per heavy atom. The molecule has 0 saturated heterocycles. The second-order valence-corrected chi connectivity index (χ2v) is 4.76. The molecule has 1 aromatic rings. The lowest BCUT2D eigenvalue weighted by atomic mass is 10.0. The first kappa shape index (κ1) is 16.2. The number of halogens is 5. The predicted octanol–water partition coefficient (Wildman–Crippen LogP) is 4.86. The van der Waals surface area contributed by atoms with E-state index in [1.165, 1.54) is 18.2 Å². The fraction of sp³-hybridized carbons (Fsp3) is 0.538. The lowest BCUT2D eigenvalue weighted by Crippen LogP contribution is -2.25. The van der Waals surface area contributed by atoms with Crippen LogP contribution in [-0.2, 0) is 0 Å². The van der Waals surface area contributed by atoms with Gasteiger partial charge in [0.1, 0.15) is 5.82 Å². The van der Waals surface area contributed by atoms with E-state index in [0.717, 1.165) is 6.42 Å². The molecule has 0 amide bonds. The molecule has 1 nitrogen and oxygen atoms in total. The van der Waals surface area contributed by atoms with Crippen LogP contribution < -0.4 is 5.32 Å². The van der Waals surface area contributed by atoms with E-state index in [1.807, 2.05) is 6.92 Å². The quantitative estimate of drug-likeness (QED) is 0.739. The van der Waals surface area contributed by atoms with Crippen LogP contribution in [0.2, 0.25) is 5.02 Å². The second kappa shape index (κ2) is 7.10. The van der Waals surface area contributed by atoms with E-state index in [2.05, 4.69) is 5.32 Å². The van der Waals surface area contributed by atoms with Gasteiger partial charge in [0.25, 0.3) is 0 Å². The van der Waals surface area contributed by atoms with E-state index in [-0.39, 0.29) is 12.0 Å². The molecule has 1 unspecified atom stereocenters. The van der Waals surface area contributed by atoms with Crippen molar-refractivity contribution in [1.82, 2.24) is 5.32 Å². The average molecular weight is 298 g/mol. The van der Waals surface area contributed by atoms with Crippen molar-refractivity contribution >= 4 is 11.6 Å². The summed E-state index contributed by atoms with van der Waals surface area (Å²) in [6, 6.07) is 3.24. The predicted molar refractivity (Wildman–Crippen MR) is 67.7 cm³/mol. The van der Waals surface area contributed by atoms with Crippen LogP contribution in [0.25, 0.3) is 0 Å². The highest BCUT2D eigenvalue weighted by Crippen LogP contribution is 2.30. The standard InChI is InChI=1S/C13H16ClF4N/c1-2-7-19-12(5-6-13(16,17)18)10-8-9(14)3-4-11(10)15/h3-4,8,12,19H,2,5-7H2,1H3. The summed E-state index contributed by atoms with van der Waals surface area (Å²) in [5, 5.41) is 3.24. The number of hydrogen-bond acceptors (Lipinski definition) is 1. The van der Waals surface area contributed by atoms with Crippen molar-refractivity contribution in [3.05, 3.63) is 34.6 Å². The zero-order valence-corrected chi connectivity index (χ0v) is 11.3. The molecule has 1 N–H and O–H groups in total. The van der Waals surface area contributed by atoms with Gasteiger partial charge < -0.3 is 5.32 Å². The summed E-state index contributed by atoms with van der Waals surface area (Å²) in [5.74, 6) is -0.542. The van der Waals surface area contributed by atoms with Gasteiger partial charge in [-0.2, -0.15) is 13.2 Å². The Morgan fingerprint density at radius 1 is 1.32 bits per heavy atom. The van der Waals surface area contributed by atoms with Crippen molar-refractivity contribution in [3.8, 4) is 0 Å². The molecule has 6 heteroatoms. The molecule has 0 saturated carbocycles. The fourth-order valence-electron chi connectivity index (χ4n) is 1.78. The molecule has 0 aliphatic carbocycles. The zero-order chi connectivity index (χ0) is 14.5. The third-order valence-corrected chi connectivity index (χ3v) is 2.93. The van der Waals surface area contributed by atoms with E-state index >= 15 is 0 Å². The van der Waals surface area contributed by atoms with Gasteiger partial charge in [-0.1, -0.05) is 18.5 Å². The molecule has 1 aromatic carbocycles. The van der Waals surface area contributed by atoms with E-state index < -0.39 is 24.5 Å². The summed E-state index contributed by atoms with van der Waals surface area (Å²) in [4.78, 5) is 0. The first-order valence-corrected chi connectivity index (χ1v) is 6.46. The minimum atomic E-state index is -4.25. The van der Waals surface area contributed by atoms with Gasteiger partial charge in [0.2, 0.25) is 0 Å². The molecule has 19 heavy (non-hydrogen) atoms. The Bertz CT molecular complexity index is 406. The maximum atomic E-state index is 13.7. The zero-order valence-electron chi connectivity index (χ0n) is 10.5. The Morgan fingerprint density at radius 3 is 2.58 bits per heavy atom. The number of rotatable bonds is 6. The van der Waals surface area contributed by atoms with Gasteiger partial charge in [-0.05, 0) is 37.6 Å². The smallest absolute Gasteiger partial charge is 0.310 e. The van der Waals surface area contributed by atoms with Crippen molar-refractivity contribution in [2.75, 3.05) is 6.54 Å². The average Bonchev–Trinajstić information content (AvgIpc) is 2.32. The molecule has 0 fully saturated rings. The summed E-state index contributed by atoms with van der Waals surface area (Å²) >= 11 is 5.77. The summed E-state index contributed by atoms with van der Waals surface area (Å²) < 4.78 is 50.5. The van der Waals surface area contributed by atoms with Crippen molar-refractivity contribution in [3.63, 3.8) is 0 Å². The minimum absolute atomic E-state index is 0.185. The number of benzene rings is 1. The van der Waals surface area contributed by atoms with Crippen LogP contribution in [0.5, 0.6) is 0 Å². The number of alkyl halides is 3. The van der Waals surface area contributed by atoms with Crippen molar-refractivity contribution in [2.24, 2.45) is 0 Å². The van der Waals surface area contributed by atoms with Crippen molar-refractivity contribution in [1.29, 1.82) is 0 Å². The molecule has 0 spiro atoms. The Kier molecular flexibility index (Phi) is 6.07. The van der Waals surface area contributed by atoms with Gasteiger partial charge in [-0.15, -0.1) is 0 Å². The highest BCUT2D eigenvalue weighted by atomic mass is 35.5. The number of nitrogens with one attached hydrogen (secondary N) is 1. The molecular formula is C13H16ClF4N. The van der Waals surface area contributed by atoms with E-state index in [0.29, 0.717) is 11.6 Å². The molecule has 0 bridgehead atoms. The van der Waals surface area contributed by atoms with Gasteiger partial charge in [0.15, 0.2) is 0 Å². The molecule has 1 rings (SSSR count). The minimum Gasteiger partial charge on any atom is -0.310 e. The number of hydrogen-bond donors (Lipinski definition) is 1. The van der Waals surface area contributed by atoms with E-state index in [9.17, 15) is 17.6 Å². The fourth-order valence-corrected chi connectivity index (χ4v) is 1.96. The lowest BCUT2D eigenvalue weighted by Gasteiger charge is -2.20. The molecule has 0 aliphatic rings. The molecule has 108 valence electrons. The highest BCUT2D eigenvalue weighted by Gasteiger charge is 2.29. The summed E-state index contributed by atoms with van der Waals surface area (Å²) in [6.07, 6.45) is -4.66. The molecule has 1 atom stereocenters. The SMILES string of the molecule is CCCNC(CCC(F)(F)F)c1cc(Cl)ccc1F. The summed E-state index contributed by atoms with van der Waals surface area (Å²) in [7, 11) is 0. The van der Waals surface area contributed by atoms with Gasteiger partial charge in [0.05, 0.1) is 0 Å². The highest BCUT2D eigenvalue weighted by molar-refractivity contribution is 6.30.